The number of carbonyl (C=O) groups excluding carboxylic acids is 6. The summed E-state index contributed by atoms with van der Waals surface area (Å²) in [5.41, 5.74) is -9.32. The number of carbonyl (C=O) groups is 6. The summed E-state index contributed by atoms with van der Waals surface area (Å²) in [7, 11) is 0. The zero-order valence-electron chi connectivity index (χ0n) is 35.2. The number of halogens is 2. The lowest BCUT2D eigenvalue weighted by atomic mass is 9.44. The van der Waals surface area contributed by atoms with Crippen molar-refractivity contribution < 1.29 is 81.3 Å². The van der Waals surface area contributed by atoms with Crippen molar-refractivity contribution in [2.75, 3.05) is 6.61 Å². The van der Waals surface area contributed by atoms with E-state index in [1.54, 1.807) is 18.2 Å². The third-order valence-electron chi connectivity index (χ3n) is 12.9. The second kappa shape index (κ2) is 16.2. The smallest absolute Gasteiger partial charge is 0.408 e. The van der Waals surface area contributed by atoms with Crippen molar-refractivity contribution in [1.29, 1.82) is 0 Å². The van der Waals surface area contributed by atoms with E-state index in [1.165, 1.54) is 60.6 Å². The van der Waals surface area contributed by atoms with Gasteiger partial charge in [-0.15, -0.1) is 0 Å². The van der Waals surface area contributed by atoms with Crippen LogP contribution in [-0.4, -0.2) is 117 Å². The lowest BCUT2D eigenvalue weighted by molar-refractivity contribution is -0.346. The van der Waals surface area contributed by atoms with Crippen LogP contribution in [0.15, 0.2) is 53.6 Å². The summed E-state index contributed by atoms with van der Waals surface area (Å²) >= 11 is 0. The maximum absolute atomic E-state index is 15.6. The fraction of sp³-hybridized carbons (Fsp3) is 0.628. The molecule has 11 atom stereocenters. The number of benzene rings is 1. The fourth-order valence-corrected chi connectivity index (χ4v) is 9.53. The molecule has 5 aliphatic rings. The van der Waals surface area contributed by atoms with Crippen molar-refractivity contribution in [3.8, 4) is 0 Å². The normalized spacial score (nSPS) is 33.7. The van der Waals surface area contributed by atoms with Crippen LogP contribution in [-0.2, 0) is 47.6 Å². The Labute approximate surface area is 350 Å². The number of rotatable bonds is 10. The molecule has 16 nitrogen and oxygen atoms in total. The largest absolute Gasteiger partial charge is 0.456 e. The van der Waals surface area contributed by atoms with Gasteiger partial charge in [-0.3, -0.25) is 14.4 Å². The molecular weight excluding hydrogens is 808 g/mol. The van der Waals surface area contributed by atoms with Crippen molar-refractivity contribution in [3.05, 3.63) is 59.2 Å². The monoisotopic (exact) mass is 861 g/mol. The zero-order chi connectivity index (χ0) is 45.2. The minimum absolute atomic E-state index is 0.0140. The predicted molar refractivity (Wildman–Crippen MR) is 205 cm³/mol. The number of hydrogen-bond donors (Lipinski definition) is 4. The van der Waals surface area contributed by atoms with Crippen molar-refractivity contribution in [1.82, 2.24) is 5.32 Å². The number of nitrogens with one attached hydrogen (secondary N) is 1. The molecule has 0 aromatic heterocycles. The lowest BCUT2D eigenvalue weighted by Gasteiger charge is -2.67. The van der Waals surface area contributed by atoms with Gasteiger partial charge in [0.05, 0.1) is 41.6 Å². The number of esters is 4. The van der Waals surface area contributed by atoms with Gasteiger partial charge >= 0.3 is 30.0 Å². The van der Waals surface area contributed by atoms with Crippen LogP contribution < -0.4 is 5.32 Å². The molecular formula is C43H53F2NO15. The first kappa shape index (κ1) is 45.7. The summed E-state index contributed by atoms with van der Waals surface area (Å²) < 4.78 is 62.5. The Bertz CT molecular complexity index is 2020. The first-order valence-electron chi connectivity index (χ1n) is 20.1. The summed E-state index contributed by atoms with van der Waals surface area (Å²) in [5, 5.41) is 38.8. The molecule has 1 saturated heterocycles. The van der Waals surface area contributed by atoms with Gasteiger partial charge in [0.25, 0.3) is 6.08 Å². The highest BCUT2D eigenvalue weighted by Gasteiger charge is 2.78. The first-order chi connectivity index (χ1) is 28.3. The van der Waals surface area contributed by atoms with Crippen LogP contribution in [0.2, 0.25) is 0 Å². The van der Waals surface area contributed by atoms with Gasteiger partial charge in [0.15, 0.2) is 23.6 Å². The summed E-state index contributed by atoms with van der Waals surface area (Å²) in [6.07, 6.45) is -14.2. The molecule has 4 fully saturated rings. The third kappa shape index (κ3) is 8.19. The number of aliphatic hydroxyl groups excluding tert-OH is 2. The average molecular weight is 862 g/mol. The Kier molecular flexibility index (Phi) is 12.1. The van der Waals surface area contributed by atoms with Crippen LogP contribution in [0.4, 0.5) is 13.6 Å². The highest BCUT2D eigenvalue weighted by molar-refractivity contribution is 5.96. The van der Waals surface area contributed by atoms with E-state index >= 15 is 4.79 Å². The van der Waals surface area contributed by atoms with Crippen LogP contribution in [0.25, 0.3) is 0 Å². The van der Waals surface area contributed by atoms with E-state index in [0.29, 0.717) is 12.8 Å². The van der Waals surface area contributed by atoms with Crippen molar-refractivity contribution in [2.45, 2.75) is 141 Å². The number of amides is 1. The van der Waals surface area contributed by atoms with Gasteiger partial charge in [-0.05, 0) is 70.7 Å². The molecule has 334 valence electrons. The quantitative estimate of drug-likeness (QED) is 0.150. The minimum Gasteiger partial charge on any atom is -0.456 e. The molecule has 0 spiro atoms. The zero-order valence-corrected chi connectivity index (χ0v) is 35.2. The van der Waals surface area contributed by atoms with Gasteiger partial charge in [-0.2, -0.15) is 8.78 Å². The Morgan fingerprint density at radius 2 is 1.66 bits per heavy atom. The number of alkyl carbamates (subject to hydrolysis) is 1. The topological polar surface area (TPSA) is 231 Å². The predicted octanol–water partition coefficient (Wildman–Crippen LogP) is 3.63. The Balaban J connectivity index is 1.55. The molecule has 61 heavy (non-hydrogen) atoms. The molecule has 3 saturated carbocycles. The van der Waals surface area contributed by atoms with E-state index in [0.717, 1.165) is 6.92 Å². The summed E-state index contributed by atoms with van der Waals surface area (Å²) in [6.45, 7) is 11.0. The third-order valence-corrected chi connectivity index (χ3v) is 12.9. The van der Waals surface area contributed by atoms with Gasteiger partial charge in [0.2, 0.25) is 0 Å². The molecule has 1 aromatic carbocycles. The SMILES string of the molecule is CC(=O)O[C@@]12CO[C@@H]1C[C@H](O)[C@@]1(C)C(=O)[C@H](OC(=O)C3CC3)C3=C(C)[C@@H](OC(=O)[C@H](O)[C@H](C=C(F)F)NC(=O)OC(C)(C)C)C[C@@](O)([C@@H](OC(=O)c4ccccc4)[C@H]21)C3(C)C. The highest BCUT2D eigenvalue weighted by Crippen LogP contribution is 2.64. The van der Waals surface area contributed by atoms with Crippen molar-refractivity contribution >= 4 is 35.8 Å². The van der Waals surface area contributed by atoms with Gasteiger partial charge in [0.1, 0.15) is 29.5 Å². The molecule has 1 aromatic rings. The van der Waals surface area contributed by atoms with Crippen LogP contribution in [0.5, 0.6) is 0 Å². The average Bonchev–Trinajstić information content (AvgIpc) is 4.01. The summed E-state index contributed by atoms with van der Waals surface area (Å²) in [6, 6.07) is 5.53. The number of Topliss-reactive ketones (excluding diaryl/α,β-unsaturated/α-hetero) is 1. The molecule has 4 N–H and O–H groups in total. The molecule has 4 aliphatic carbocycles. The van der Waals surface area contributed by atoms with E-state index in [9.17, 15) is 48.1 Å². The number of hydrogen-bond acceptors (Lipinski definition) is 15. The minimum atomic E-state index is -2.50. The Hall–Kier alpha value is -4.78. The van der Waals surface area contributed by atoms with Gasteiger partial charge in [0, 0.05) is 31.3 Å². The van der Waals surface area contributed by atoms with E-state index in [1.807, 2.05) is 5.32 Å². The van der Waals surface area contributed by atoms with Crippen LogP contribution in [0.1, 0.15) is 91.4 Å². The molecule has 1 aliphatic heterocycles. The maximum atomic E-state index is 15.6. The van der Waals surface area contributed by atoms with E-state index < -0.39 is 130 Å². The van der Waals surface area contributed by atoms with Crippen LogP contribution in [0.3, 0.4) is 0 Å². The lowest BCUT2D eigenvalue weighted by Crippen LogP contribution is -2.82. The molecule has 0 radical (unpaired) electrons. The van der Waals surface area contributed by atoms with Crippen molar-refractivity contribution in [2.24, 2.45) is 22.7 Å². The number of ketones is 1. The van der Waals surface area contributed by atoms with Gasteiger partial charge < -0.3 is 49.1 Å². The fourth-order valence-electron chi connectivity index (χ4n) is 9.53. The molecule has 18 heteroatoms. The van der Waals surface area contributed by atoms with Gasteiger partial charge in [-0.25, -0.2) is 14.4 Å². The summed E-state index contributed by atoms with van der Waals surface area (Å²) in [5.74, 6) is -7.25. The van der Waals surface area contributed by atoms with Crippen LogP contribution >= 0.6 is 0 Å². The van der Waals surface area contributed by atoms with E-state index in [4.69, 9.17) is 28.4 Å². The van der Waals surface area contributed by atoms with E-state index in [-0.39, 0.29) is 35.8 Å². The maximum Gasteiger partial charge on any atom is 0.408 e. The molecule has 1 amide bonds. The first-order valence-corrected chi connectivity index (χ1v) is 20.1. The Morgan fingerprint density at radius 3 is 2.20 bits per heavy atom. The molecule has 0 unspecified atom stereocenters. The van der Waals surface area contributed by atoms with E-state index in [2.05, 4.69) is 0 Å². The molecule has 1 heterocycles. The standard InChI is InChI=1S/C43H53F2NO15/c1-20-25(57-37(53)30(49)24(16-28(44)45)46-38(54)61-39(3,4)5)18-43(55)34(59-36(52)22-12-10-9-11-13-22)32-41(8,26(48)17-27-42(32,19-56-27)60-21(2)47)33(50)31(29(20)40(43,6)7)58-35(51)23-14-15-23/h9-13,16,23-27,30-32,34,48-49,55H,14-15,17-19H2,1-8H3,(H,46,54)/t24-,25-,26-,27+,30+,31+,32-,34-,41+,42-,43+/m0/s1. The second-order valence-corrected chi connectivity index (χ2v) is 18.4. The number of fused-ring (bicyclic) bond motifs is 5. The Morgan fingerprint density at radius 1 is 1.02 bits per heavy atom. The van der Waals surface area contributed by atoms with Crippen LogP contribution in [0, 0.1) is 22.7 Å². The van der Waals surface area contributed by atoms with Gasteiger partial charge in [-0.1, -0.05) is 32.0 Å². The van der Waals surface area contributed by atoms with Crippen molar-refractivity contribution in [3.63, 3.8) is 0 Å². The molecule has 2 bridgehead atoms. The number of aliphatic hydroxyl groups is 3. The summed E-state index contributed by atoms with van der Waals surface area (Å²) in [4.78, 5) is 82.8. The number of ether oxygens (including phenoxy) is 6. The molecule has 6 rings (SSSR count). The highest BCUT2D eigenvalue weighted by atomic mass is 19.3. The second-order valence-electron chi connectivity index (χ2n) is 18.4.